The van der Waals surface area contributed by atoms with Gasteiger partial charge < -0.3 is 5.11 Å². The van der Waals surface area contributed by atoms with Gasteiger partial charge in [0.25, 0.3) is 0 Å². The Labute approximate surface area is 116 Å². The number of aliphatic hydroxyl groups excluding tert-OH is 1. The fourth-order valence-electron chi connectivity index (χ4n) is 1.49. The van der Waals surface area contributed by atoms with Crippen molar-refractivity contribution in [3.8, 4) is 11.8 Å². The van der Waals surface area contributed by atoms with Crippen molar-refractivity contribution in [2.24, 2.45) is 0 Å². The van der Waals surface area contributed by atoms with E-state index in [9.17, 15) is 8.42 Å². The Kier molecular flexibility index (Phi) is 4.53. The lowest BCUT2D eigenvalue weighted by atomic mass is 10.2. The predicted molar refractivity (Wildman–Crippen MR) is 73.0 cm³/mol. The summed E-state index contributed by atoms with van der Waals surface area (Å²) in [6, 6.07) is 6.13. The molecule has 0 saturated carbocycles. The zero-order valence-electron chi connectivity index (χ0n) is 10.5. The van der Waals surface area contributed by atoms with Gasteiger partial charge in [-0.05, 0) is 24.3 Å². The number of nitrogens with one attached hydrogen (secondary N) is 2. The third-order valence-electron chi connectivity index (χ3n) is 2.50. The molecule has 7 heteroatoms. The molecule has 0 saturated heterocycles. The highest BCUT2D eigenvalue weighted by Gasteiger charge is 2.13. The lowest BCUT2D eigenvalue weighted by Crippen LogP contribution is -2.22. The van der Waals surface area contributed by atoms with Gasteiger partial charge in [-0.15, -0.1) is 0 Å². The van der Waals surface area contributed by atoms with Gasteiger partial charge in [0.2, 0.25) is 10.0 Å². The van der Waals surface area contributed by atoms with Crippen LogP contribution < -0.4 is 4.72 Å². The van der Waals surface area contributed by atoms with Crippen LogP contribution in [0.25, 0.3) is 0 Å². The first kappa shape index (κ1) is 14.3. The van der Waals surface area contributed by atoms with E-state index < -0.39 is 10.0 Å². The van der Waals surface area contributed by atoms with Crippen LogP contribution in [0.1, 0.15) is 11.1 Å². The average Bonchev–Trinajstić information content (AvgIpc) is 2.97. The Morgan fingerprint density at radius 2 is 2.05 bits per heavy atom. The van der Waals surface area contributed by atoms with E-state index in [1.54, 1.807) is 24.5 Å². The maximum Gasteiger partial charge on any atom is 0.240 e. The molecule has 0 aliphatic rings. The number of hydrogen-bond donors (Lipinski definition) is 3. The van der Waals surface area contributed by atoms with Crippen molar-refractivity contribution in [1.29, 1.82) is 0 Å². The molecule has 0 aliphatic heterocycles. The van der Waals surface area contributed by atoms with Crippen molar-refractivity contribution >= 4 is 10.0 Å². The Balaban J connectivity index is 2.09. The number of aliphatic hydroxyl groups is 1. The molecule has 0 fully saturated rings. The van der Waals surface area contributed by atoms with E-state index in [2.05, 4.69) is 26.8 Å². The minimum absolute atomic E-state index is 0.163. The normalized spacial score (nSPS) is 10.8. The SMILES string of the molecule is O=S(=O)(NCc1cn[nH]c1)c1ccc(C#CCO)cc1. The number of hydrogen-bond acceptors (Lipinski definition) is 4. The molecular weight excluding hydrogens is 278 g/mol. The molecule has 20 heavy (non-hydrogen) atoms. The van der Waals surface area contributed by atoms with Gasteiger partial charge >= 0.3 is 0 Å². The van der Waals surface area contributed by atoms with Crippen LogP contribution in [-0.4, -0.2) is 30.3 Å². The smallest absolute Gasteiger partial charge is 0.240 e. The largest absolute Gasteiger partial charge is 0.384 e. The van der Waals surface area contributed by atoms with Crippen LogP contribution in [0.3, 0.4) is 0 Å². The van der Waals surface area contributed by atoms with Crippen molar-refractivity contribution in [1.82, 2.24) is 14.9 Å². The van der Waals surface area contributed by atoms with E-state index in [1.807, 2.05) is 0 Å². The first-order valence-corrected chi connectivity index (χ1v) is 7.27. The molecule has 0 aliphatic carbocycles. The van der Waals surface area contributed by atoms with Crippen LogP contribution in [-0.2, 0) is 16.6 Å². The van der Waals surface area contributed by atoms with Gasteiger partial charge in [-0.25, -0.2) is 13.1 Å². The average molecular weight is 291 g/mol. The van der Waals surface area contributed by atoms with Crippen LogP contribution >= 0.6 is 0 Å². The molecule has 0 unspecified atom stereocenters. The molecule has 2 aromatic rings. The summed E-state index contributed by atoms with van der Waals surface area (Å²) in [7, 11) is -3.56. The van der Waals surface area contributed by atoms with Gasteiger partial charge in [-0.2, -0.15) is 5.10 Å². The predicted octanol–water partition coefficient (Wildman–Crippen LogP) is 0.232. The number of aromatic nitrogens is 2. The quantitative estimate of drug-likeness (QED) is 0.703. The molecule has 3 N–H and O–H groups in total. The second-order valence-corrected chi connectivity index (χ2v) is 5.68. The third-order valence-corrected chi connectivity index (χ3v) is 3.91. The molecule has 6 nitrogen and oxygen atoms in total. The van der Waals surface area contributed by atoms with Gasteiger partial charge in [0.05, 0.1) is 11.1 Å². The molecule has 1 aromatic heterocycles. The monoisotopic (exact) mass is 291 g/mol. The molecule has 1 heterocycles. The second-order valence-electron chi connectivity index (χ2n) is 3.92. The number of nitrogens with zero attached hydrogens (tertiary/aromatic N) is 1. The number of aromatic amines is 1. The standard InChI is InChI=1S/C13H13N3O3S/c17-7-1-2-11-3-5-13(6-4-11)20(18,19)16-10-12-8-14-15-9-12/h3-6,8-9,16-17H,7,10H2,(H,14,15). The molecule has 2 rings (SSSR count). The summed E-state index contributed by atoms with van der Waals surface area (Å²) in [5.74, 6) is 5.20. The third kappa shape index (κ3) is 3.68. The van der Waals surface area contributed by atoms with Crippen LogP contribution in [0.4, 0.5) is 0 Å². The molecule has 0 bridgehead atoms. The molecule has 1 aromatic carbocycles. The fraction of sp³-hybridized carbons (Fsp3) is 0.154. The van der Waals surface area contributed by atoms with Gasteiger partial charge in [-0.1, -0.05) is 11.8 Å². The Bertz CT molecular complexity index is 710. The Hall–Kier alpha value is -2.14. The highest BCUT2D eigenvalue weighted by Crippen LogP contribution is 2.10. The van der Waals surface area contributed by atoms with Crippen molar-refractivity contribution in [3.05, 3.63) is 47.8 Å². The van der Waals surface area contributed by atoms with Crippen LogP contribution in [0, 0.1) is 11.8 Å². The minimum Gasteiger partial charge on any atom is -0.384 e. The summed E-state index contributed by atoms with van der Waals surface area (Å²) >= 11 is 0. The lowest BCUT2D eigenvalue weighted by Gasteiger charge is -2.05. The van der Waals surface area contributed by atoms with E-state index in [1.165, 1.54) is 12.1 Å². The van der Waals surface area contributed by atoms with Crippen LogP contribution in [0.2, 0.25) is 0 Å². The maximum absolute atomic E-state index is 12.0. The van der Waals surface area contributed by atoms with E-state index in [0.29, 0.717) is 5.56 Å². The minimum atomic E-state index is -3.56. The summed E-state index contributed by atoms with van der Waals surface area (Å²) in [4.78, 5) is 0.163. The molecular formula is C13H13N3O3S. The van der Waals surface area contributed by atoms with E-state index >= 15 is 0 Å². The van der Waals surface area contributed by atoms with E-state index in [-0.39, 0.29) is 18.0 Å². The molecule has 0 spiro atoms. The number of H-pyrrole nitrogens is 1. The van der Waals surface area contributed by atoms with Crippen molar-refractivity contribution in [2.75, 3.05) is 6.61 Å². The van der Waals surface area contributed by atoms with Crippen molar-refractivity contribution in [3.63, 3.8) is 0 Å². The zero-order chi connectivity index (χ0) is 14.4. The molecule has 0 atom stereocenters. The second kappa shape index (κ2) is 6.34. The highest BCUT2D eigenvalue weighted by molar-refractivity contribution is 7.89. The summed E-state index contributed by atoms with van der Waals surface area (Å²) in [6.45, 7) is -0.0583. The zero-order valence-corrected chi connectivity index (χ0v) is 11.3. The van der Waals surface area contributed by atoms with E-state index in [4.69, 9.17) is 5.11 Å². The number of benzene rings is 1. The van der Waals surface area contributed by atoms with Gasteiger partial charge in [0.15, 0.2) is 0 Å². The number of sulfonamides is 1. The Morgan fingerprint density at radius 3 is 2.65 bits per heavy atom. The van der Waals surface area contributed by atoms with Crippen molar-refractivity contribution < 1.29 is 13.5 Å². The fourth-order valence-corrected chi connectivity index (χ4v) is 2.51. The van der Waals surface area contributed by atoms with Gasteiger partial charge in [0, 0.05) is 23.9 Å². The summed E-state index contributed by atoms with van der Waals surface area (Å²) in [6.07, 6.45) is 3.17. The summed E-state index contributed by atoms with van der Waals surface area (Å²) < 4.78 is 26.5. The van der Waals surface area contributed by atoms with Crippen molar-refractivity contribution in [2.45, 2.75) is 11.4 Å². The summed E-state index contributed by atoms with van der Waals surface area (Å²) in [5.41, 5.74) is 1.40. The molecule has 0 amide bonds. The number of rotatable bonds is 4. The topological polar surface area (TPSA) is 95.1 Å². The lowest BCUT2D eigenvalue weighted by molar-refractivity contribution is 0.350. The summed E-state index contributed by atoms with van der Waals surface area (Å²) in [5, 5.41) is 14.9. The molecule has 104 valence electrons. The maximum atomic E-state index is 12.0. The van der Waals surface area contributed by atoms with Crippen LogP contribution in [0.5, 0.6) is 0 Å². The Morgan fingerprint density at radius 1 is 1.30 bits per heavy atom. The van der Waals surface area contributed by atoms with Gasteiger partial charge in [-0.3, -0.25) is 5.10 Å². The highest BCUT2D eigenvalue weighted by atomic mass is 32.2. The van der Waals surface area contributed by atoms with E-state index in [0.717, 1.165) is 5.56 Å². The van der Waals surface area contributed by atoms with Gasteiger partial charge in [0.1, 0.15) is 6.61 Å². The van der Waals surface area contributed by atoms with Crippen LogP contribution in [0.15, 0.2) is 41.6 Å². The first-order valence-electron chi connectivity index (χ1n) is 5.79. The first-order chi connectivity index (χ1) is 9.62. The molecule has 0 radical (unpaired) electrons.